The summed E-state index contributed by atoms with van der Waals surface area (Å²) in [5.41, 5.74) is 1.66. The lowest BCUT2D eigenvalue weighted by molar-refractivity contribution is -0.113. The fraction of sp³-hybridized carbons (Fsp3) is 0.182. The molecule has 170 valence electrons. The highest BCUT2D eigenvalue weighted by Gasteiger charge is 2.24. The van der Waals surface area contributed by atoms with Gasteiger partial charge in [0.15, 0.2) is 5.16 Å². The van der Waals surface area contributed by atoms with Crippen LogP contribution in [0.5, 0.6) is 5.75 Å². The molecule has 1 amide bonds. The molecule has 1 N–H and O–H groups in total. The van der Waals surface area contributed by atoms with Crippen molar-refractivity contribution in [1.29, 1.82) is 0 Å². The van der Waals surface area contributed by atoms with E-state index in [1.54, 1.807) is 42.4 Å². The lowest BCUT2D eigenvalue weighted by atomic mass is 10.1. The lowest BCUT2D eigenvalue weighted by Crippen LogP contribution is -2.16. The average molecular weight is 485 g/mol. The van der Waals surface area contributed by atoms with Gasteiger partial charge in [-0.1, -0.05) is 17.8 Å². The summed E-state index contributed by atoms with van der Waals surface area (Å²) in [6.07, 6.45) is 3.10. The molecule has 0 saturated heterocycles. The normalized spacial score (nSPS) is 10.7. The van der Waals surface area contributed by atoms with Crippen LogP contribution in [0.2, 0.25) is 0 Å². The second kappa shape index (κ2) is 10.4. The number of ether oxygens (including phenoxy) is 2. The monoisotopic (exact) mass is 484 g/mol. The van der Waals surface area contributed by atoms with Gasteiger partial charge in [-0.15, -0.1) is 21.5 Å². The molecular formula is C22H20N4O5S2. The van der Waals surface area contributed by atoms with Crippen molar-refractivity contribution in [2.24, 2.45) is 0 Å². The Hall–Kier alpha value is -3.57. The first-order valence-corrected chi connectivity index (χ1v) is 11.8. The van der Waals surface area contributed by atoms with Gasteiger partial charge in [-0.05, 0) is 31.2 Å². The van der Waals surface area contributed by atoms with Crippen LogP contribution >= 0.6 is 23.1 Å². The van der Waals surface area contributed by atoms with Gasteiger partial charge in [0.05, 0.1) is 31.4 Å². The Balaban J connectivity index is 1.48. The number of carbonyl (C=O) groups excluding carboxylic acids is 2. The second-order valence-electron chi connectivity index (χ2n) is 6.57. The minimum Gasteiger partial charge on any atom is -0.497 e. The Kier molecular flexibility index (Phi) is 7.10. The van der Waals surface area contributed by atoms with Gasteiger partial charge in [-0.25, -0.2) is 4.79 Å². The van der Waals surface area contributed by atoms with Gasteiger partial charge in [0, 0.05) is 17.0 Å². The number of esters is 1. The zero-order chi connectivity index (χ0) is 23.2. The quantitative estimate of drug-likeness (QED) is 0.273. The molecule has 33 heavy (non-hydrogen) atoms. The Bertz CT molecular complexity index is 1250. The number of thioether (sulfide) groups is 1. The van der Waals surface area contributed by atoms with Gasteiger partial charge in [0.25, 0.3) is 0 Å². The smallest absolute Gasteiger partial charge is 0.341 e. The number of carbonyl (C=O) groups is 2. The number of hydrogen-bond acceptors (Lipinski definition) is 9. The van der Waals surface area contributed by atoms with Crippen molar-refractivity contribution in [3.05, 3.63) is 59.9 Å². The zero-order valence-electron chi connectivity index (χ0n) is 17.8. The van der Waals surface area contributed by atoms with Crippen LogP contribution in [-0.4, -0.2) is 46.1 Å². The number of nitrogens with zero attached hydrogens (tertiary/aromatic N) is 3. The summed E-state index contributed by atoms with van der Waals surface area (Å²) >= 11 is 2.46. The van der Waals surface area contributed by atoms with Crippen LogP contribution in [0.15, 0.2) is 63.9 Å². The van der Waals surface area contributed by atoms with E-state index in [2.05, 4.69) is 15.5 Å². The van der Waals surface area contributed by atoms with Crippen LogP contribution in [0.3, 0.4) is 0 Å². The minimum absolute atomic E-state index is 0.0684. The molecule has 1 aromatic carbocycles. The third kappa shape index (κ3) is 5.10. The van der Waals surface area contributed by atoms with Crippen LogP contribution in [0.25, 0.3) is 17.0 Å². The standard InChI is InChI=1S/C22H20N4O5S2/c1-3-30-21(28)19-16(17-8-5-9-31-17)11-32-20(19)24-18(27)12-33-22-25-23-13-26(22)14-6-4-7-15(10-14)29-2/h4-11,13H,3,12H2,1-2H3,(H,24,27). The molecule has 3 heterocycles. The van der Waals surface area contributed by atoms with E-state index in [0.29, 0.717) is 27.2 Å². The molecule has 9 nitrogen and oxygen atoms in total. The Morgan fingerprint density at radius 2 is 2.15 bits per heavy atom. The van der Waals surface area contributed by atoms with E-state index in [0.717, 1.165) is 5.69 Å². The number of anilines is 1. The summed E-state index contributed by atoms with van der Waals surface area (Å²) in [6.45, 7) is 1.94. The summed E-state index contributed by atoms with van der Waals surface area (Å²) in [7, 11) is 1.59. The third-order valence-electron chi connectivity index (χ3n) is 4.49. The molecular weight excluding hydrogens is 464 g/mol. The van der Waals surface area contributed by atoms with Gasteiger partial charge >= 0.3 is 5.97 Å². The number of nitrogens with one attached hydrogen (secondary N) is 1. The molecule has 0 aliphatic rings. The largest absolute Gasteiger partial charge is 0.497 e. The summed E-state index contributed by atoms with van der Waals surface area (Å²) in [6, 6.07) is 10.9. The topological polar surface area (TPSA) is 108 Å². The van der Waals surface area contributed by atoms with E-state index in [9.17, 15) is 9.59 Å². The first-order chi connectivity index (χ1) is 16.1. The molecule has 4 aromatic rings. The number of amides is 1. The maximum Gasteiger partial charge on any atom is 0.341 e. The van der Waals surface area contributed by atoms with E-state index in [4.69, 9.17) is 13.9 Å². The van der Waals surface area contributed by atoms with Crippen molar-refractivity contribution in [1.82, 2.24) is 14.8 Å². The van der Waals surface area contributed by atoms with Crippen molar-refractivity contribution in [2.75, 3.05) is 24.8 Å². The first-order valence-electron chi connectivity index (χ1n) is 9.90. The SMILES string of the molecule is CCOC(=O)c1c(-c2ccco2)csc1NC(=O)CSc1nncn1-c1cccc(OC)c1. The number of thiophene rings is 1. The highest BCUT2D eigenvalue weighted by Crippen LogP contribution is 2.36. The minimum atomic E-state index is -0.522. The molecule has 3 aromatic heterocycles. The predicted molar refractivity (Wildman–Crippen MR) is 125 cm³/mol. The molecule has 4 rings (SSSR count). The van der Waals surface area contributed by atoms with Crippen molar-refractivity contribution >= 4 is 40.0 Å². The average Bonchev–Trinajstić information content (AvgIpc) is 3.58. The number of furan rings is 1. The van der Waals surface area contributed by atoms with Crippen molar-refractivity contribution in [3.63, 3.8) is 0 Å². The van der Waals surface area contributed by atoms with Gasteiger partial charge in [0.1, 0.15) is 28.4 Å². The first kappa shape index (κ1) is 22.6. The fourth-order valence-corrected chi connectivity index (χ4v) is 4.70. The van der Waals surface area contributed by atoms with Crippen LogP contribution in [0, 0.1) is 0 Å². The van der Waals surface area contributed by atoms with E-state index in [1.807, 2.05) is 24.3 Å². The summed E-state index contributed by atoms with van der Waals surface area (Å²) in [4.78, 5) is 25.3. The molecule has 11 heteroatoms. The van der Waals surface area contributed by atoms with Crippen molar-refractivity contribution < 1.29 is 23.5 Å². The molecule has 0 unspecified atom stereocenters. The van der Waals surface area contributed by atoms with Crippen molar-refractivity contribution in [2.45, 2.75) is 12.1 Å². The molecule has 0 atom stereocenters. The van der Waals surface area contributed by atoms with E-state index in [-0.39, 0.29) is 23.8 Å². The number of benzene rings is 1. The molecule has 0 fully saturated rings. The van der Waals surface area contributed by atoms with Crippen molar-refractivity contribution in [3.8, 4) is 22.8 Å². The number of aromatic nitrogens is 3. The maximum absolute atomic E-state index is 12.7. The predicted octanol–water partition coefficient (Wildman–Crippen LogP) is 4.50. The molecule has 0 spiro atoms. The van der Waals surface area contributed by atoms with Crippen LogP contribution < -0.4 is 10.1 Å². The number of rotatable bonds is 9. The van der Waals surface area contributed by atoms with Gasteiger partial charge in [-0.3, -0.25) is 9.36 Å². The molecule has 0 aliphatic carbocycles. The van der Waals surface area contributed by atoms with Gasteiger partial charge in [0.2, 0.25) is 5.91 Å². The molecule has 0 saturated carbocycles. The number of hydrogen-bond donors (Lipinski definition) is 1. The number of methoxy groups -OCH3 is 1. The van der Waals surface area contributed by atoms with E-state index in [1.165, 1.54) is 29.4 Å². The maximum atomic E-state index is 12.7. The highest BCUT2D eigenvalue weighted by atomic mass is 32.2. The summed E-state index contributed by atoms with van der Waals surface area (Å²) in [5, 5.41) is 13.6. The molecule has 0 radical (unpaired) electrons. The Morgan fingerprint density at radius 1 is 1.27 bits per heavy atom. The van der Waals surface area contributed by atoms with E-state index < -0.39 is 5.97 Å². The van der Waals surface area contributed by atoms with Gasteiger partial charge < -0.3 is 19.2 Å². The van der Waals surface area contributed by atoms with E-state index >= 15 is 0 Å². The van der Waals surface area contributed by atoms with Crippen LogP contribution in [0.4, 0.5) is 5.00 Å². The summed E-state index contributed by atoms with van der Waals surface area (Å²) < 4.78 is 17.7. The Labute approximate surface area is 197 Å². The molecule has 0 bridgehead atoms. The second-order valence-corrected chi connectivity index (χ2v) is 8.40. The van der Waals surface area contributed by atoms with Gasteiger partial charge in [-0.2, -0.15) is 0 Å². The van der Waals surface area contributed by atoms with Crippen LogP contribution in [0.1, 0.15) is 17.3 Å². The zero-order valence-corrected chi connectivity index (χ0v) is 19.4. The molecule has 0 aliphatic heterocycles. The lowest BCUT2D eigenvalue weighted by Gasteiger charge is -2.09. The summed E-state index contributed by atoms with van der Waals surface area (Å²) in [5.74, 6) is 0.477. The highest BCUT2D eigenvalue weighted by molar-refractivity contribution is 7.99. The Morgan fingerprint density at radius 3 is 2.91 bits per heavy atom. The third-order valence-corrected chi connectivity index (χ3v) is 6.33. The fourth-order valence-electron chi connectivity index (χ4n) is 3.02. The van der Waals surface area contributed by atoms with Crippen LogP contribution in [-0.2, 0) is 9.53 Å².